The van der Waals surface area contributed by atoms with Gasteiger partial charge in [-0.05, 0) is 49.6 Å². The summed E-state index contributed by atoms with van der Waals surface area (Å²) in [5, 5.41) is 2.92. The molecule has 0 aliphatic heterocycles. The van der Waals surface area contributed by atoms with Crippen LogP contribution in [0.25, 0.3) is 0 Å². The fourth-order valence-electron chi connectivity index (χ4n) is 2.27. The molecule has 0 saturated heterocycles. The lowest BCUT2D eigenvalue weighted by Crippen LogP contribution is -2.13. The van der Waals surface area contributed by atoms with Crippen LogP contribution in [0.3, 0.4) is 0 Å². The number of para-hydroxylation sites is 1. The van der Waals surface area contributed by atoms with Crippen LogP contribution < -0.4 is 10.1 Å². The molecule has 2 aromatic rings. The second-order valence-electron chi connectivity index (χ2n) is 5.18. The third-order valence-electron chi connectivity index (χ3n) is 3.46. The number of ether oxygens (including phenoxy) is 1. The van der Waals surface area contributed by atoms with Crippen LogP contribution >= 0.6 is 0 Å². The van der Waals surface area contributed by atoms with Gasteiger partial charge in [0, 0.05) is 5.69 Å². The maximum Gasteiger partial charge on any atom is 0.259 e. The Bertz CT molecular complexity index is 605. The monoisotopic (exact) mass is 297 g/mol. The van der Waals surface area contributed by atoms with E-state index in [-0.39, 0.29) is 5.91 Å². The van der Waals surface area contributed by atoms with Crippen molar-refractivity contribution in [2.75, 3.05) is 11.9 Å². The van der Waals surface area contributed by atoms with Crippen molar-refractivity contribution < 1.29 is 9.53 Å². The molecule has 3 heteroatoms. The number of hydrogen-bond acceptors (Lipinski definition) is 2. The summed E-state index contributed by atoms with van der Waals surface area (Å²) in [6.07, 6.45) is 3.46. The first kappa shape index (κ1) is 16.1. The fourth-order valence-corrected chi connectivity index (χ4v) is 2.27. The van der Waals surface area contributed by atoms with Crippen molar-refractivity contribution in [2.24, 2.45) is 0 Å². The van der Waals surface area contributed by atoms with Gasteiger partial charge in [-0.3, -0.25) is 4.79 Å². The Morgan fingerprint density at radius 3 is 2.45 bits per heavy atom. The topological polar surface area (TPSA) is 38.3 Å². The lowest BCUT2D eigenvalue weighted by atomic mass is 10.1. The maximum absolute atomic E-state index is 12.4. The number of aryl methyl sites for hydroxylation is 1. The Kier molecular flexibility index (Phi) is 6.01. The Labute approximate surface area is 132 Å². The van der Waals surface area contributed by atoms with Crippen LogP contribution in [0.15, 0.2) is 48.5 Å². The number of nitrogens with one attached hydrogen (secondary N) is 1. The van der Waals surface area contributed by atoms with Gasteiger partial charge in [-0.2, -0.15) is 0 Å². The van der Waals surface area contributed by atoms with Crippen LogP contribution in [0.5, 0.6) is 5.75 Å². The Morgan fingerprint density at radius 2 is 1.77 bits per heavy atom. The molecule has 0 spiro atoms. The van der Waals surface area contributed by atoms with Crippen LogP contribution in [0.1, 0.15) is 42.6 Å². The molecule has 0 unspecified atom stereocenters. The van der Waals surface area contributed by atoms with Crippen LogP contribution in [0.2, 0.25) is 0 Å². The summed E-state index contributed by atoms with van der Waals surface area (Å²) >= 11 is 0. The van der Waals surface area contributed by atoms with E-state index >= 15 is 0 Å². The van der Waals surface area contributed by atoms with Gasteiger partial charge in [0.25, 0.3) is 5.91 Å². The van der Waals surface area contributed by atoms with Crippen molar-refractivity contribution in [3.05, 3.63) is 59.7 Å². The molecule has 0 heterocycles. The lowest BCUT2D eigenvalue weighted by molar-refractivity contribution is 0.102. The Morgan fingerprint density at radius 1 is 1.05 bits per heavy atom. The van der Waals surface area contributed by atoms with E-state index < -0.39 is 0 Å². The van der Waals surface area contributed by atoms with Crippen molar-refractivity contribution in [2.45, 2.75) is 33.1 Å². The largest absolute Gasteiger partial charge is 0.493 e. The van der Waals surface area contributed by atoms with E-state index in [1.807, 2.05) is 37.3 Å². The summed E-state index contributed by atoms with van der Waals surface area (Å²) in [5.74, 6) is 0.465. The van der Waals surface area contributed by atoms with Crippen LogP contribution in [0, 0.1) is 0 Å². The number of carbonyl (C=O) groups is 1. The average molecular weight is 297 g/mol. The lowest BCUT2D eigenvalue weighted by Gasteiger charge is -2.10. The Balaban J connectivity index is 2.05. The van der Waals surface area contributed by atoms with Gasteiger partial charge in [-0.25, -0.2) is 0 Å². The second-order valence-corrected chi connectivity index (χ2v) is 5.18. The molecule has 116 valence electrons. The van der Waals surface area contributed by atoms with E-state index in [2.05, 4.69) is 24.4 Å². The molecule has 0 aliphatic carbocycles. The zero-order chi connectivity index (χ0) is 15.8. The number of hydrogen-bond donors (Lipinski definition) is 1. The first-order chi connectivity index (χ1) is 10.7. The molecular formula is C19H23NO2. The number of unbranched alkanes of at least 4 members (excludes halogenated alkanes) is 1. The number of carbonyl (C=O) groups excluding carboxylic acids is 1. The minimum Gasteiger partial charge on any atom is -0.493 e. The van der Waals surface area contributed by atoms with Crippen molar-refractivity contribution >= 4 is 11.6 Å². The number of benzene rings is 2. The molecule has 22 heavy (non-hydrogen) atoms. The van der Waals surface area contributed by atoms with E-state index in [9.17, 15) is 4.79 Å². The van der Waals surface area contributed by atoms with E-state index in [0.717, 1.165) is 12.1 Å². The first-order valence-corrected chi connectivity index (χ1v) is 7.86. The summed E-state index contributed by atoms with van der Waals surface area (Å²) in [4.78, 5) is 12.4. The predicted octanol–water partition coefficient (Wildman–Crippen LogP) is 4.68. The van der Waals surface area contributed by atoms with E-state index in [0.29, 0.717) is 17.9 Å². The van der Waals surface area contributed by atoms with Gasteiger partial charge >= 0.3 is 0 Å². The smallest absolute Gasteiger partial charge is 0.259 e. The van der Waals surface area contributed by atoms with E-state index in [1.54, 1.807) is 6.07 Å². The molecule has 2 rings (SSSR count). The highest BCUT2D eigenvalue weighted by Gasteiger charge is 2.11. The summed E-state index contributed by atoms with van der Waals surface area (Å²) in [6, 6.07) is 15.3. The van der Waals surface area contributed by atoms with Gasteiger partial charge < -0.3 is 10.1 Å². The average Bonchev–Trinajstić information content (AvgIpc) is 2.55. The molecule has 0 fully saturated rings. The van der Waals surface area contributed by atoms with Gasteiger partial charge in [-0.15, -0.1) is 0 Å². The van der Waals surface area contributed by atoms with Gasteiger partial charge in [0.15, 0.2) is 0 Å². The zero-order valence-electron chi connectivity index (χ0n) is 13.3. The molecule has 0 radical (unpaired) electrons. The maximum atomic E-state index is 12.4. The van der Waals surface area contributed by atoms with Crippen LogP contribution in [-0.2, 0) is 6.42 Å². The third-order valence-corrected chi connectivity index (χ3v) is 3.46. The van der Waals surface area contributed by atoms with Gasteiger partial charge in [0.1, 0.15) is 5.75 Å². The summed E-state index contributed by atoms with van der Waals surface area (Å²) < 4.78 is 5.50. The summed E-state index contributed by atoms with van der Waals surface area (Å²) in [5.41, 5.74) is 2.66. The van der Waals surface area contributed by atoms with Crippen molar-refractivity contribution in [3.63, 3.8) is 0 Å². The van der Waals surface area contributed by atoms with Gasteiger partial charge in [0.05, 0.1) is 12.2 Å². The summed E-state index contributed by atoms with van der Waals surface area (Å²) in [7, 11) is 0. The molecule has 0 atom stereocenters. The zero-order valence-corrected chi connectivity index (χ0v) is 13.3. The van der Waals surface area contributed by atoms with E-state index in [1.165, 1.54) is 18.4 Å². The quantitative estimate of drug-likeness (QED) is 0.805. The van der Waals surface area contributed by atoms with Crippen molar-refractivity contribution in [3.8, 4) is 5.75 Å². The highest BCUT2D eigenvalue weighted by Crippen LogP contribution is 2.20. The molecule has 0 bridgehead atoms. The molecule has 0 aliphatic rings. The number of amides is 1. The fraction of sp³-hybridized carbons (Fsp3) is 0.316. The van der Waals surface area contributed by atoms with Crippen LogP contribution in [0.4, 0.5) is 5.69 Å². The van der Waals surface area contributed by atoms with Gasteiger partial charge in [-0.1, -0.05) is 37.6 Å². The predicted molar refractivity (Wildman–Crippen MR) is 90.6 cm³/mol. The third kappa shape index (κ3) is 4.35. The first-order valence-electron chi connectivity index (χ1n) is 7.86. The number of rotatable bonds is 7. The molecule has 1 amide bonds. The molecule has 2 aromatic carbocycles. The highest BCUT2D eigenvalue weighted by molar-refractivity contribution is 6.06. The Hall–Kier alpha value is -2.29. The minimum absolute atomic E-state index is 0.148. The highest BCUT2D eigenvalue weighted by atomic mass is 16.5. The molecule has 0 aromatic heterocycles. The molecule has 0 saturated carbocycles. The SMILES string of the molecule is CCCCc1ccc(NC(=O)c2ccccc2OCC)cc1. The molecule has 1 N–H and O–H groups in total. The number of anilines is 1. The minimum atomic E-state index is -0.148. The second kappa shape index (κ2) is 8.23. The van der Waals surface area contributed by atoms with Crippen LogP contribution in [-0.4, -0.2) is 12.5 Å². The molecule has 3 nitrogen and oxygen atoms in total. The van der Waals surface area contributed by atoms with Crippen molar-refractivity contribution in [1.29, 1.82) is 0 Å². The van der Waals surface area contributed by atoms with Gasteiger partial charge in [0.2, 0.25) is 0 Å². The standard InChI is InChI=1S/C19H23NO2/c1-3-5-8-15-11-13-16(14-12-15)20-19(21)17-9-6-7-10-18(17)22-4-2/h6-7,9-14H,3-5,8H2,1-2H3,(H,20,21). The summed E-state index contributed by atoms with van der Waals surface area (Å²) in [6.45, 7) is 4.63. The van der Waals surface area contributed by atoms with E-state index in [4.69, 9.17) is 4.74 Å². The normalized spacial score (nSPS) is 10.3. The van der Waals surface area contributed by atoms with Crippen molar-refractivity contribution in [1.82, 2.24) is 0 Å². The molecular weight excluding hydrogens is 274 g/mol.